The van der Waals surface area contributed by atoms with Crippen LogP contribution >= 0.6 is 0 Å². The van der Waals surface area contributed by atoms with Gasteiger partial charge < -0.3 is 10.1 Å². The Hall–Kier alpha value is -5.15. The maximum atomic E-state index is 14.1. The molecule has 238 valence electrons. The lowest BCUT2D eigenvalue weighted by atomic mass is 10.1. The molecule has 0 radical (unpaired) electrons. The highest BCUT2D eigenvalue weighted by Gasteiger charge is 2.34. The molecule has 46 heavy (non-hydrogen) atoms. The Kier molecular flexibility index (Phi) is 9.44. The first kappa shape index (κ1) is 32.2. The van der Waals surface area contributed by atoms with Gasteiger partial charge in [0.2, 0.25) is 0 Å². The largest absolute Gasteiger partial charge is 0.416 e. The summed E-state index contributed by atoms with van der Waals surface area (Å²) in [5.41, 5.74) is 0.903. The number of ether oxygens (including phenoxy) is 1. The van der Waals surface area contributed by atoms with Gasteiger partial charge in [-0.3, -0.25) is 4.57 Å². The predicted octanol–water partition coefficient (Wildman–Crippen LogP) is 6.71. The Morgan fingerprint density at radius 2 is 1.89 bits per heavy atom. The van der Waals surface area contributed by atoms with Crippen LogP contribution in [0.25, 0.3) is 22.8 Å². The Morgan fingerprint density at radius 1 is 1.13 bits per heavy atom. The maximum absolute atomic E-state index is 14.1. The topological polar surface area (TPSA) is 107 Å². The minimum atomic E-state index is -4.64. The molecule has 2 atom stereocenters. The summed E-state index contributed by atoms with van der Waals surface area (Å²) in [6.45, 7) is 5.76. The van der Waals surface area contributed by atoms with Crippen LogP contribution < -0.4 is 11.0 Å². The van der Waals surface area contributed by atoms with Crippen LogP contribution in [0.2, 0.25) is 0 Å². The number of nitriles is 1. The molecule has 1 saturated carbocycles. The number of benzene rings is 2. The summed E-state index contributed by atoms with van der Waals surface area (Å²) in [4.78, 5) is 28.1. The fourth-order valence-electron chi connectivity index (χ4n) is 5.74. The number of allylic oxidation sites excluding steroid dienone is 2. The summed E-state index contributed by atoms with van der Waals surface area (Å²) < 4.78 is 50.7. The normalized spacial score (nSPS) is 17.0. The summed E-state index contributed by atoms with van der Waals surface area (Å²) in [5.74, 6) is 0. The summed E-state index contributed by atoms with van der Waals surface area (Å²) in [5, 5.41) is 16.6. The molecule has 1 fully saturated rings. The van der Waals surface area contributed by atoms with Crippen LogP contribution in [-0.2, 0) is 10.9 Å². The highest BCUT2D eigenvalue weighted by atomic mass is 19.4. The number of nitrogens with zero attached hydrogens (tertiary/aromatic N) is 5. The van der Waals surface area contributed by atoms with Crippen LogP contribution in [0.4, 0.5) is 18.0 Å². The van der Waals surface area contributed by atoms with Gasteiger partial charge in [0.25, 0.3) is 0 Å². The number of halogens is 3. The van der Waals surface area contributed by atoms with E-state index in [9.17, 15) is 28.0 Å². The second-order valence-electron chi connectivity index (χ2n) is 10.9. The van der Waals surface area contributed by atoms with E-state index in [0.717, 1.165) is 39.7 Å². The minimum Gasteiger partial charge on any atom is -0.371 e. The molecule has 0 spiro atoms. The van der Waals surface area contributed by atoms with Crippen LogP contribution in [0, 0.1) is 18.3 Å². The van der Waals surface area contributed by atoms with Crippen LogP contribution in [0.3, 0.4) is 0 Å². The average molecular weight is 631 g/mol. The molecule has 2 aromatic carbocycles. The first-order chi connectivity index (χ1) is 22.1. The molecule has 1 amide bonds. The van der Waals surface area contributed by atoms with E-state index in [1.54, 1.807) is 37.3 Å². The standard InChI is InChI=1S/C34H33F3N6O3/c1-4-8-23(5-2)21-46-30-12-7-11-28(30)40-32(44)42-31(29-17-18-39-43(29)26-15-13-24(20-38)14-16-26)22(3)41(33(42)45)27-10-6-9-25(19-27)34(35,36)37/h4-6,8-10,13-19,28,30H,7,11-12,21H2,1-3H3,(H,40,44)/b8-4-,23-5+/t28-,30-/m0/s1. The summed E-state index contributed by atoms with van der Waals surface area (Å²) in [6.07, 6.45) is 4.53. The third-order valence-electron chi connectivity index (χ3n) is 8.02. The molecule has 2 aromatic heterocycles. The van der Waals surface area contributed by atoms with E-state index in [0.29, 0.717) is 30.0 Å². The predicted molar refractivity (Wildman–Crippen MR) is 167 cm³/mol. The quantitative estimate of drug-likeness (QED) is 0.218. The monoisotopic (exact) mass is 630 g/mol. The van der Waals surface area contributed by atoms with Crippen molar-refractivity contribution in [1.29, 1.82) is 5.26 Å². The lowest BCUT2D eigenvalue weighted by molar-refractivity contribution is -0.137. The molecule has 2 heterocycles. The molecule has 0 aliphatic heterocycles. The average Bonchev–Trinajstić information content (AvgIpc) is 3.76. The van der Waals surface area contributed by atoms with Gasteiger partial charge in [0.05, 0.1) is 64.9 Å². The number of rotatable bonds is 8. The lowest BCUT2D eigenvalue weighted by Crippen LogP contribution is -2.46. The molecule has 4 aromatic rings. The van der Waals surface area contributed by atoms with Gasteiger partial charge in [0.1, 0.15) is 5.69 Å². The zero-order valence-corrected chi connectivity index (χ0v) is 25.6. The van der Waals surface area contributed by atoms with Gasteiger partial charge in [-0.2, -0.15) is 23.5 Å². The fourth-order valence-corrected chi connectivity index (χ4v) is 5.74. The van der Waals surface area contributed by atoms with Crippen molar-refractivity contribution in [1.82, 2.24) is 24.2 Å². The van der Waals surface area contributed by atoms with Crippen molar-refractivity contribution in [3.05, 3.63) is 112 Å². The number of carbonyl (C=O) groups is 1. The molecule has 1 aliphatic rings. The maximum Gasteiger partial charge on any atom is 0.416 e. The SMILES string of the molecule is C/C=C\C(=C/C)CO[C@H]1CCC[C@@H]1NC(=O)n1c(-c2ccnn2-c2ccc(C#N)cc2)c(C)n(-c2cccc(C(F)(F)F)c2)c1=O. The summed E-state index contributed by atoms with van der Waals surface area (Å²) in [7, 11) is 0. The van der Waals surface area contributed by atoms with Crippen molar-refractivity contribution in [3.8, 4) is 28.8 Å². The van der Waals surface area contributed by atoms with Gasteiger partial charge in [0, 0.05) is 0 Å². The van der Waals surface area contributed by atoms with E-state index < -0.39 is 29.5 Å². The Bertz CT molecular complexity index is 1890. The zero-order valence-electron chi connectivity index (χ0n) is 25.6. The number of carbonyl (C=O) groups excluding carboxylic acids is 1. The van der Waals surface area contributed by atoms with Gasteiger partial charge >= 0.3 is 17.9 Å². The highest BCUT2D eigenvalue weighted by Crippen LogP contribution is 2.32. The van der Waals surface area contributed by atoms with Gasteiger partial charge in [-0.25, -0.2) is 18.8 Å². The van der Waals surface area contributed by atoms with E-state index in [4.69, 9.17) is 4.74 Å². The van der Waals surface area contributed by atoms with Crippen molar-refractivity contribution in [3.63, 3.8) is 0 Å². The number of alkyl halides is 3. The van der Waals surface area contributed by atoms with Gasteiger partial charge in [-0.1, -0.05) is 24.3 Å². The van der Waals surface area contributed by atoms with Crippen molar-refractivity contribution in [2.24, 2.45) is 0 Å². The number of amides is 1. The molecule has 1 aliphatic carbocycles. The number of hydrogen-bond donors (Lipinski definition) is 1. The second-order valence-corrected chi connectivity index (χ2v) is 10.9. The molecule has 5 rings (SSSR count). The Labute approximate surface area is 263 Å². The van der Waals surface area contributed by atoms with Crippen molar-refractivity contribution in [2.45, 2.75) is 58.4 Å². The van der Waals surface area contributed by atoms with E-state index >= 15 is 0 Å². The van der Waals surface area contributed by atoms with Gasteiger partial charge in [-0.05, 0) is 94.1 Å². The first-order valence-corrected chi connectivity index (χ1v) is 14.8. The van der Waals surface area contributed by atoms with Crippen LogP contribution in [0.1, 0.15) is 49.9 Å². The molecule has 0 unspecified atom stereocenters. The van der Waals surface area contributed by atoms with E-state index in [1.807, 2.05) is 32.1 Å². The number of hydrogen-bond acceptors (Lipinski definition) is 5. The lowest BCUT2D eigenvalue weighted by Gasteiger charge is -2.22. The number of aromatic nitrogens is 4. The smallest absolute Gasteiger partial charge is 0.371 e. The van der Waals surface area contributed by atoms with Crippen molar-refractivity contribution in [2.75, 3.05) is 6.61 Å². The minimum absolute atomic E-state index is 0.0421. The Balaban J connectivity index is 1.60. The molecule has 12 heteroatoms. The Morgan fingerprint density at radius 3 is 2.57 bits per heavy atom. The second kappa shape index (κ2) is 13.5. The van der Waals surface area contributed by atoms with Crippen LogP contribution in [0.5, 0.6) is 0 Å². The van der Waals surface area contributed by atoms with E-state index in [1.165, 1.54) is 23.0 Å². The number of nitrogens with one attached hydrogen (secondary N) is 1. The van der Waals surface area contributed by atoms with E-state index in [2.05, 4.69) is 16.5 Å². The summed E-state index contributed by atoms with van der Waals surface area (Å²) >= 11 is 0. The molecule has 0 saturated heterocycles. The van der Waals surface area contributed by atoms with Crippen LogP contribution in [-0.4, -0.2) is 43.7 Å². The first-order valence-electron chi connectivity index (χ1n) is 14.8. The molecule has 1 N–H and O–H groups in total. The molecular weight excluding hydrogens is 597 g/mol. The summed E-state index contributed by atoms with van der Waals surface area (Å²) in [6, 6.07) is 13.5. The molecular formula is C34H33F3N6O3. The fraction of sp³-hybridized carbons (Fsp3) is 0.294. The van der Waals surface area contributed by atoms with Crippen molar-refractivity contribution >= 4 is 6.03 Å². The molecule has 0 bridgehead atoms. The number of imidazole rings is 1. The third-order valence-corrected chi connectivity index (χ3v) is 8.02. The molecule has 9 nitrogen and oxygen atoms in total. The highest BCUT2D eigenvalue weighted by molar-refractivity contribution is 5.83. The van der Waals surface area contributed by atoms with Gasteiger partial charge in [0.15, 0.2) is 0 Å². The zero-order chi connectivity index (χ0) is 33.0. The van der Waals surface area contributed by atoms with Crippen molar-refractivity contribution < 1.29 is 22.7 Å². The van der Waals surface area contributed by atoms with Crippen LogP contribution in [0.15, 0.2) is 89.4 Å². The third kappa shape index (κ3) is 6.46. The van der Waals surface area contributed by atoms with Gasteiger partial charge in [-0.15, -0.1) is 0 Å². The van der Waals surface area contributed by atoms with E-state index in [-0.39, 0.29) is 23.2 Å².